The van der Waals surface area contributed by atoms with Gasteiger partial charge in [-0.15, -0.1) is 0 Å². The van der Waals surface area contributed by atoms with Crippen molar-refractivity contribution in [3.63, 3.8) is 0 Å². The van der Waals surface area contributed by atoms with Gasteiger partial charge in [-0.25, -0.2) is 0 Å². The van der Waals surface area contributed by atoms with Crippen LogP contribution in [0.25, 0.3) is 0 Å². The fraction of sp³-hybridized carbons (Fsp3) is 0.545. The Morgan fingerprint density at radius 3 is 2.93 bits per heavy atom. The number of hydrogen-bond acceptors (Lipinski definition) is 4. The molecule has 2 heterocycles. The van der Waals surface area contributed by atoms with E-state index in [2.05, 4.69) is 16.0 Å². The smallest absolute Gasteiger partial charge is 0.0645 e. The van der Waals surface area contributed by atoms with Crippen LogP contribution >= 0.6 is 0 Å². The topological polar surface area (TPSA) is 51.4 Å². The molecular weight excluding hydrogens is 190 g/mol. The van der Waals surface area contributed by atoms with Crippen LogP contribution in [0.5, 0.6) is 0 Å². The van der Waals surface area contributed by atoms with Crippen molar-refractivity contribution in [1.82, 2.24) is 9.88 Å². The molecule has 15 heavy (non-hydrogen) atoms. The summed E-state index contributed by atoms with van der Waals surface area (Å²) in [5.41, 5.74) is 6.84. The molecule has 2 rings (SSSR count). The third-order valence-electron chi connectivity index (χ3n) is 2.66. The second-order valence-electron chi connectivity index (χ2n) is 3.81. The molecule has 4 nitrogen and oxygen atoms in total. The van der Waals surface area contributed by atoms with Gasteiger partial charge in [0.05, 0.1) is 19.3 Å². The molecule has 1 aromatic heterocycles. The lowest BCUT2D eigenvalue weighted by Crippen LogP contribution is -2.50. The Morgan fingerprint density at radius 2 is 2.40 bits per heavy atom. The average molecular weight is 207 g/mol. The van der Waals surface area contributed by atoms with Gasteiger partial charge in [-0.2, -0.15) is 0 Å². The number of ether oxygens (including phenoxy) is 1. The molecule has 0 bridgehead atoms. The Kier molecular flexibility index (Phi) is 3.66. The van der Waals surface area contributed by atoms with Gasteiger partial charge in [-0.05, 0) is 11.6 Å². The Hall–Kier alpha value is -0.970. The summed E-state index contributed by atoms with van der Waals surface area (Å²) in [6.07, 6.45) is 3.70. The molecule has 1 aliphatic heterocycles. The summed E-state index contributed by atoms with van der Waals surface area (Å²) in [7, 11) is 0. The van der Waals surface area contributed by atoms with E-state index in [9.17, 15) is 0 Å². The maximum Gasteiger partial charge on any atom is 0.0645 e. The van der Waals surface area contributed by atoms with Crippen LogP contribution in [0.4, 0.5) is 0 Å². The minimum absolute atomic E-state index is 0.536. The summed E-state index contributed by atoms with van der Waals surface area (Å²) in [4.78, 5) is 6.47. The van der Waals surface area contributed by atoms with Crippen LogP contribution in [0.3, 0.4) is 0 Å². The van der Waals surface area contributed by atoms with Crippen molar-refractivity contribution in [3.05, 3.63) is 30.1 Å². The van der Waals surface area contributed by atoms with E-state index in [1.54, 1.807) is 6.20 Å². The fourth-order valence-corrected chi connectivity index (χ4v) is 1.72. The minimum Gasteiger partial charge on any atom is -0.378 e. The van der Waals surface area contributed by atoms with Crippen molar-refractivity contribution >= 4 is 0 Å². The molecule has 0 spiro atoms. The van der Waals surface area contributed by atoms with E-state index in [4.69, 9.17) is 10.5 Å². The molecule has 1 aromatic rings. The maximum absolute atomic E-state index is 5.60. The molecule has 0 unspecified atom stereocenters. The lowest BCUT2D eigenvalue weighted by molar-refractivity contribution is -0.0669. The van der Waals surface area contributed by atoms with E-state index >= 15 is 0 Å². The molecule has 1 fully saturated rings. The van der Waals surface area contributed by atoms with Crippen LogP contribution in [0, 0.1) is 0 Å². The van der Waals surface area contributed by atoms with Crippen molar-refractivity contribution in [3.8, 4) is 0 Å². The fourth-order valence-electron chi connectivity index (χ4n) is 1.72. The SMILES string of the molecule is NCCN(Cc1cccnc1)C1COC1. The average Bonchev–Trinajstić information content (AvgIpc) is 2.17. The van der Waals surface area contributed by atoms with Gasteiger partial charge in [0.25, 0.3) is 0 Å². The Labute approximate surface area is 90.0 Å². The van der Waals surface area contributed by atoms with Crippen molar-refractivity contribution in [2.75, 3.05) is 26.3 Å². The molecule has 0 atom stereocenters. The Bertz CT molecular complexity index is 287. The molecule has 1 saturated heterocycles. The van der Waals surface area contributed by atoms with Crippen molar-refractivity contribution in [2.24, 2.45) is 5.73 Å². The van der Waals surface area contributed by atoms with Gasteiger partial charge in [0.1, 0.15) is 0 Å². The van der Waals surface area contributed by atoms with Crippen LogP contribution in [0.15, 0.2) is 24.5 Å². The molecule has 82 valence electrons. The molecule has 0 amide bonds. The number of aromatic nitrogens is 1. The first-order valence-corrected chi connectivity index (χ1v) is 5.31. The van der Waals surface area contributed by atoms with Crippen LogP contribution in [0.1, 0.15) is 5.56 Å². The molecule has 0 radical (unpaired) electrons. The Morgan fingerprint density at radius 1 is 1.53 bits per heavy atom. The first-order valence-electron chi connectivity index (χ1n) is 5.31. The van der Waals surface area contributed by atoms with Crippen molar-refractivity contribution in [1.29, 1.82) is 0 Å². The second-order valence-corrected chi connectivity index (χ2v) is 3.81. The number of hydrogen-bond donors (Lipinski definition) is 1. The quantitative estimate of drug-likeness (QED) is 0.751. The number of rotatable bonds is 5. The van der Waals surface area contributed by atoms with Gasteiger partial charge < -0.3 is 10.5 Å². The molecular formula is C11H17N3O. The minimum atomic E-state index is 0.536. The number of nitrogens with zero attached hydrogens (tertiary/aromatic N) is 2. The van der Waals surface area contributed by atoms with Crippen LogP contribution in [-0.4, -0.2) is 42.2 Å². The monoisotopic (exact) mass is 207 g/mol. The van der Waals surface area contributed by atoms with Crippen LogP contribution in [-0.2, 0) is 11.3 Å². The van der Waals surface area contributed by atoms with Crippen molar-refractivity contribution < 1.29 is 4.74 Å². The third-order valence-corrected chi connectivity index (χ3v) is 2.66. The lowest BCUT2D eigenvalue weighted by atomic mass is 10.2. The predicted octanol–water partition coefficient (Wildman–Crippen LogP) is 0.241. The third kappa shape index (κ3) is 2.75. The van der Waals surface area contributed by atoms with E-state index in [0.717, 1.165) is 26.3 Å². The predicted molar refractivity (Wildman–Crippen MR) is 58.3 cm³/mol. The summed E-state index contributed by atoms with van der Waals surface area (Å²) in [6, 6.07) is 4.59. The normalized spacial score (nSPS) is 16.7. The zero-order valence-electron chi connectivity index (χ0n) is 8.80. The second kappa shape index (κ2) is 5.21. The molecule has 0 aliphatic carbocycles. The standard InChI is InChI=1S/C11H17N3O/c12-3-5-14(11-8-15-9-11)7-10-2-1-4-13-6-10/h1-2,4,6,11H,3,5,7-9,12H2. The van der Waals surface area contributed by atoms with Crippen LogP contribution in [0.2, 0.25) is 0 Å². The maximum atomic E-state index is 5.60. The zero-order valence-corrected chi connectivity index (χ0v) is 8.80. The van der Waals surface area contributed by atoms with Gasteiger partial charge in [0, 0.05) is 32.0 Å². The molecule has 4 heteroatoms. The Balaban J connectivity index is 1.93. The summed E-state index contributed by atoms with van der Waals surface area (Å²) in [5.74, 6) is 0. The highest BCUT2D eigenvalue weighted by molar-refractivity contribution is 5.08. The van der Waals surface area contributed by atoms with E-state index < -0.39 is 0 Å². The summed E-state index contributed by atoms with van der Waals surface area (Å²) >= 11 is 0. The highest BCUT2D eigenvalue weighted by Gasteiger charge is 2.25. The molecule has 0 saturated carbocycles. The van der Waals surface area contributed by atoms with Crippen LogP contribution < -0.4 is 5.73 Å². The van der Waals surface area contributed by atoms with E-state index in [0.29, 0.717) is 12.6 Å². The highest BCUT2D eigenvalue weighted by atomic mass is 16.5. The summed E-state index contributed by atoms with van der Waals surface area (Å²) in [5, 5.41) is 0. The van der Waals surface area contributed by atoms with Gasteiger partial charge >= 0.3 is 0 Å². The van der Waals surface area contributed by atoms with E-state index in [1.807, 2.05) is 12.3 Å². The van der Waals surface area contributed by atoms with E-state index in [1.165, 1.54) is 5.56 Å². The first-order chi connectivity index (χ1) is 7.40. The summed E-state index contributed by atoms with van der Waals surface area (Å²) < 4.78 is 5.20. The zero-order chi connectivity index (χ0) is 10.5. The molecule has 2 N–H and O–H groups in total. The largest absolute Gasteiger partial charge is 0.378 e. The first kappa shape index (κ1) is 10.5. The van der Waals surface area contributed by atoms with Gasteiger partial charge in [-0.3, -0.25) is 9.88 Å². The summed E-state index contributed by atoms with van der Waals surface area (Å²) in [6.45, 7) is 4.19. The van der Waals surface area contributed by atoms with Gasteiger partial charge in [0.2, 0.25) is 0 Å². The molecule has 1 aliphatic rings. The highest BCUT2D eigenvalue weighted by Crippen LogP contribution is 2.13. The van der Waals surface area contributed by atoms with Gasteiger partial charge in [-0.1, -0.05) is 6.07 Å². The number of nitrogens with two attached hydrogens (primary N) is 1. The van der Waals surface area contributed by atoms with E-state index in [-0.39, 0.29) is 0 Å². The van der Waals surface area contributed by atoms with Crippen molar-refractivity contribution in [2.45, 2.75) is 12.6 Å². The number of pyridine rings is 1. The lowest BCUT2D eigenvalue weighted by Gasteiger charge is -2.37. The van der Waals surface area contributed by atoms with Gasteiger partial charge in [0.15, 0.2) is 0 Å². The molecule has 0 aromatic carbocycles.